The fourth-order valence-electron chi connectivity index (χ4n) is 1.78. The number of aliphatic hydroxyl groups excluding tert-OH is 1. The Balaban J connectivity index is 2.48. The number of rotatable bonds is 1. The van der Waals surface area contributed by atoms with Crippen LogP contribution in [0.4, 0.5) is 0 Å². The summed E-state index contributed by atoms with van der Waals surface area (Å²) in [6, 6.07) is 0. The minimum absolute atomic E-state index is 0.118. The first-order valence-corrected chi connectivity index (χ1v) is 4.33. The van der Waals surface area contributed by atoms with Gasteiger partial charge >= 0.3 is 0 Å². The van der Waals surface area contributed by atoms with Gasteiger partial charge in [-0.25, -0.2) is 0 Å². The average Bonchev–Trinajstić information content (AvgIpc) is 1.89. The molecule has 1 saturated carbocycles. The standard InChI is InChI=1S/C9H18O/c1-8(10)9(2)6-4-3-5-7-9/h8,10H,3-7H2,1-2H3. The molecule has 0 radical (unpaired) electrons. The van der Waals surface area contributed by atoms with Crippen molar-refractivity contribution in [2.24, 2.45) is 5.41 Å². The Kier molecular flexibility index (Phi) is 2.35. The molecule has 10 heavy (non-hydrogen) atoms. The maximum atomic E-state index is 9.44. The van der Waals surface area contributed by atoms with E-state index in [0.717, 1.165) is 0 Å². The van der Waals surface area contributed by atoms with Gasteiger partial charge in [0, 0.05) is 0 Å². The van der Waals surface area contributed by atoms with Crippen LogP contribution in [0.1, 0.15) is 46.0 Å². The minimum Gasteiger partial charge on any atom is -0.393 e. The van der Waals surface area contributed by atoms with Crippen LogP contribution in [0.15, 0.2) is 0 Å². The van der Waals surface area contributed by atoms with Crippen LogP contribution in [-0.4, -0.2) is 11.2 Å². The molecule has 1 unspecified atom stereocenters. The van der Waals surface area contributed by atoms with Crippen molar-refractivity contribution < 1.29 is 5.11 Å². The van der Waals surface area contributed by atoms with Crippen LogP contribution in [0.2, 0.25) is 0 Å². The second kappa shape index (κ2) is 2.91. The molecule has 1 N–H and O–H groups in total. The van der Waals surface area contributed by atoms with Gasteiger partial charge in [0.1, 0.15) is 0 Å². The second-order valence-corrected chi connectivity index (χ2v) is 3.89. The van der Waals surface area contributed by atoms with E-state index in [1.165, 1.54) is 32.1 Å². The molecule has 0 heterocycles. The van der Waals surface area contributed by atoms with Crippen LogP contribution >= 0.6 is 0 Å². The molecule has 1 rings (SSSR count). The summed E-state index contributed by atoms with van der Waals surface area (Å²) in [5.41, 5.74) is 0.234. The zero-order valence-electron chi connectivity index (χ0n) is 7.06. The van der Waals surface area contributed by atoms with Gasteiger partial charge in [0.25, 0.3) is 0 Å². The zero-order chi connectivity index (χ0) is 7.61. The lowest BCUT2D eigenvalue weighted by molar-refractivity contribution is 0.0235. The van der Waals surface area contributed by atoms with Gasteiger partial charge in [-0.15, -0.1) is 0 Å². The highest BCUT2D eigenvalue weighted by Crippen LogP contribution is 2.38. The van der Waals surface area contributed by atoms with Crippen LogP contribution < -0.4 is 0 Å². The van der Waals surface area contributed by atoms with E-state index in [9.17, 15) is 5.11 Å². The molecule has 1 heteroatoms. The monoisotopic (exact) mass is 142 g/mol. The molecule has 0 aromatic carbocycles. The van der Waals surface area contributed by atoms with Gasteiger partial charge in [0.05, 0.1) is 6.10 Å². The van der Waals surface area contributed by atoms with Gasteiger partial charge in [-0.3, -0.25) is 0 Å². The van der Waals surface area contributed by atoms with Crippen molar-refractivity contribution in [1.29, 1.82) is 0 Å². The first-order valence-electron chi connectivity index (χ1n) is 4.33. The Hall–Kier alpha value is -0.0400. The number of aliphatic hydroxyl groups is 1. The third kappa shape index (κ3) is 1.51. The second-order valence-electron chi connectivity index (χ2n) is 3.89. The van der Waals surface area contributed by atoms with Gasteiger partial charge in [0.15, 0.2) is 0 Å². The Bertz CT molecular complexity index is 101. The van der Waals surface area contributed by atoms with Crippen molar-refractivity contribution in [2.75, 3.05) is 0 Å². The predicted octanol–water partition coefficient (Wildman–Crippen LogP) is 2.34. The predicted molar refractivity (Wildman–Crippen MR) is 42.9 cm³/mol. The molecule has 1 nitrogen and oxygen atoms in total. The number of hydrogen-bond donors (Lipinski definition) is 1. The highest BCUT2D eigenvalue weighted by Gasteiger charge is 2.31. The van der Waals surface area contributed by atoms with E-state index in [4.69, 9.17) is 0 Å². The topological polar surface area (TPSA) is 20.2 Å². The van der Waals surface area contributed by atoms with Gasteiger partial charge in [-0.2, -0.15) is 0 Å². The SMILES string of the molecule is CC(O)C1(C)CCCCC1. The molecule has 1 aliphatic rings. The van der Waals surface area contributed by atoms with Crippen molar-refractivity contribution in [3.8, 4) is 0 Å². The molecule has 0 aromatic rings. The molecule has 1 aliphatic carbocycles. The third-order valence-electron chi connectivity index (χ3n) is 3.00. The number of hydrogen-bond acceptors (Lipinski definition) is 1. The maximum absolute atomic E-state index is 9.44. The van der Waals surface area contributed by atoms with E-state index in [-0.39, 0.29) is 11.5 Å². The summed E-state index contributed by atoms with van der Waals surface area (Å²) in [4.78, 5) is 0. The van der Waals surface area contributed by atoms with Gasteiger partial charge < -0.3 is 5.11 Å². The summed E-state index contributed by atoms with van der Waals surface area (Å²) >= 11 is 0. The van der Waals surface area contributed by atoms with Gasteiger partial charge in [0.2, 0.25) is 0 Å². The normalized spacial score (nSPS) is 27.9. The molecular formula is C9H18O. The molecule has 0 aromatic heterocycles. The molecule has 60 valence electrons. The summed E-state index contributed by atoms with van der Waals surface area (Å²) < 4.78 is 0. The van der Waals surface area contributed by atoms with Gasteiger partial charge in [-0.1, -0.05) is 26.2 Å². The fraction of sp³-hybridized carbons (Fsp3) is 1.00. The lowest BCUT2D eigenvalue weighted by Gasteiger charge is -2.36. The molecular weight excluding hydrogens is 124 g/mol. The first kappa shape index (κ1) is 8.06. The van der Waals surface area contributed by atoms with E-state index in [0.29, 0.717) is 0 Å². The Labute approximate surface area is 63.4 Å². The molecule has 0 bridgehead atoms. The molecule has 0 aliphatic heterocycles. The fourth-order valence-corrected chi connectivity index (χ4v) is 1.78. The van der Waals surface area contributed by atoms with Gasteiger partial charge in [-0.05, 0) is 25.2 Å². The largest absolute Gasteiger partial charge is 0.393 e. The van der Waals surface area contributed by atoms with E-state index >= 15 is 0 Å². The Morgan fingerprint density at radius 2 is 1.70 bits per heavy atom. The highest BCUT2D eigenvalue weighted by molar-refractivity contribution is 4.82. The van der Waals surface area contributed by atoms with E-state index < -0.39 is 0 Å². The quantitative estimate of drug-likeness (QED) is 0.595. The third-order valence-corrected chi connectivity index (χ3v) is 3.00. The summed E-state index contributed by atoms with van der Waals surface area (Å²) in [7, 11) is 0. The van der Waals surface area contributed by atoms with Crippen LogP contribution in [0.25, 0.3) is 0 Å². The highest BCUT2D eigenvalue weighted by atomic mass is 16.3. The van der Waals surface area contributed by atoms with Crippen molar-refractivity contribution in [1.82, 2.24) is 0 Å². The summed E-state index contributed by atoms with van der Waals surface area (Å²) in [5.74, 6) is 0. The average molecular weight is 142 g/mol. The van der Waals surface area contributed by atoms with Crippen molar-refractivity contribution in [3.05, 3.63) is 0 Å². The summed E-state index contributed by atoms with van der Waals surface area (Å²) in [6.45, 7) is 4.13. The smallest absolute Gasteiger partial charge is 0.0565 e. The summed E-state index contributed by atoms with van der Waals surface area (Å²) in [6.07, 6.45) is 6.29. The first-order chi connectivity index (χ1) is 4.65. The van der Waals surface area contributed by atoms with E-state index in [2.05, 4.69) is 6.92 Å². The molecule has 1 atom stereocenters. The lowest BCUT2D eigenvalue weighted by atomic mass is 9.72. The molecule has 0 spiro atoms. The minimum atomic E-state index is -0.118. The Morgan fingerprint density at radius 3 is 2.00 bits per heavy atom. The van der Waals surface area contributed by atoms with Crippen LogP contribution in [0, 0.1) is 5.41 Å². The maximum Gasteiger partial charge on any atom is 0.0565 e. The van der Waals surface area contributed by atoms with Crippen LogP contribution in [0.3, 0.4) is 0 Å². The molecule has 0 amide bonds. The molecule has 1 fully saturated rings. The molecule has 0 saturated heterocycles. The van der Waals surface area contributed by atoms with Crippen LogP contribution in [0.5, 0.6) is 0 Å². The van der Waals surface area contributed by atoms with Crippen molar-refractivity contribution >= 4 is 0 Å². The van der Waals surface area contributed by atoms with E-state index in [1.54, 1.807) is 0 Å². The van der Waals surface area contributed by atoms with Crippen molar-refractivity contribution in [2.45, 2.75) is 52.1 Å². The van der Waals surface area contributed by atoms with Crippen molar-refractivity contribution in [3.63, 3.8) is 0 Å². The van der Waals surface area contributed by atoms with Crippen LogP contribution in [-0.2, 0) is 0 Å². The summed E-state index contributed by atoms with van der Waals surface area (Å²) in [5, 5.41) is 9.44. The zero-order valence-corrected chi connectivity index (χ0v) is 7.06. The van der Waals surface area contributed by atoms with E-state index in [1.807, 2.05) is 6.92 Å². The lowest BCUT2D eigenvalue weighted by Crippen LogP contribution is -2.31. The Morgan fingerprint density at radius 1 is 1.20 bits per heavy atom.